The van der Waals surface area contributed by atoms with Crippen LogP contribution in [0.1, 0.15) is 19.4 Å². The monoisotopic (exact) mass is 425 g/mol. The molecule has 0 aliphatic carbocycles. The molecule has 0 saturated carbocycles. The lowest BCUT2D eigenvalue weighted by atomic mass is 9.99. The van der Waals surface area contributed by atoms with Gasteiger partial charge in [0.25, 0.3) is 5.79 Å². The fourth-order valence-electron chi connectivity index (χ4n) is 4.05. The minimum atomic E-state index is -1.69. The van der Waals surface area contributed by atoms with Gasteiger partial charge in [0.05, 0.1) is 6.61 Å². The van der Waals surface area contributed by atoms with E-state index in [9.17, 15) is 9.59 Å². The van der Waals surface area contributed by atoms with Gasteiger partial charge in [0, 0.05) is 5.69 Å². The molecule has 0 unspecified atom stereocenters. The second-order valence-electron chi connectivity index (χ2n) is 8.25. The third-order valence-corrected chi connectivity index (χ3v) is 5.53. The molecule has 2 aromatic carbocycles. The molecule has 1 amide bonds. The average molecular weight is 425 g/mol. The fourth-order valence-corrected chi connectivity index (χ4v) is 4.05. The predicted octanol–water partition coefficient (Wildman–Crippen LogP) is 3.04. The van der Waals surface area contributed by atoms with Gasteiger partial charge in [-0.1, -0.05) is 30.3 Å². The zero-order chi connectivity index (χ0) is 21.6. The maximum Gasteiger partial charge on any atom is 0.417 e. The normalized spacial score (nSPS) is 29.2. The third kappa shape index (κ3) is 3.67. The molecule has 0 N–H and O–H groups in total. The molecule has 3 aliphatic rings. The molecule has 3 aliphatic heterocycles. The van der Waals surface area contributed by atoms with Crippen LogP contribution in [-0.4, -0.2) is 48.8 Å². The zero-order valence-electron chi connectivity index (χ0n) is 17.3. The molecule has 2 aromatic rings. The van der Waals surface area contributed by atoms with Crippen molar-refractivity contribution in [1.82, 2.24) is 0 Å². The molecule has 31 heavy (non-hydrogen) atoms. The van der Waals surface area contributed by atoms with Gasteiger partial charge < -0.3 is 23.7 Å². The summed E-state index contributed by atoms with van der Waals surface area (Å²) in [5, 5.41) is 0. The Bertz CT molecular complexity index is 991. The van der Waals surface area contributed by atoms with Crippen LogP contribution in [0.25, 0.3) is 0 Å². The lowest BCUT2D eigenvalue weighted by Gasteiger charge is -2.34. The molecule has 0 radical (unpaired) electrons. The lowest BCUT2D eigenvalue weighted by Crippen LogP contribution is -2.59. The van der Waals surface area contributed by atoms with E-state index in [4.69, 9.17) is 23.7 Å². The number of ether oxygens (including phenoxy) is 5. The smallest absolute Gasteiger partial charge is 0.417 e. The van der Waals surface area contributed by atoms with E-state index in [0.717, 1.165) is 5.56 Å². The quantitative estimate of drug-likeness (QED) is 0.745. The number of ketones is 1. The summed E-state index contributed by atoms with van der Waals surface area (Å²) >= 11 is 0. The summed E-state index contributed by atoms with van der Waals surface area (Å²) in [6.07, 6.45) is -1.99. The van der Waals surface area contributed by atoms with Gasteiger partial charge in [-0.2, -0.15) is 0 Å². The number of hydrogen-bond donors (Lipinski definition) is 0. The maximum absolute atomic E-state index is 13.1. The summed E-state index contributed by atoms with van der Waals surface area (Å²) < 4.78 is 28.4. The molecular formula is C23H23NO7. The summed E-state index contributed by atoms with van der Waals surface area (Å²) in [5.74, 6) is -2.35. The highest BCUT2D eigenvalue weighted by Gasteiger charge is 2.63. The Morgan fingerprint density at radius 1 is 1.03 bits per heavy atom. The molecule has 8 nitrogen and oxygen atoms in total. The van der Waals surface area contributed by atoms with Crippen LogP contribution in [0.4, 0.5) is 10.5 Å². The Morgan fingerprint density at radius 3 is 2.52 bits per heavy atom. The third-order valence-electron chi connectivity index (χ3n) is 5.53. The summed E-state index contributed by atoms with van der Waals surface area (Å²) in [6, 6.07) is 16.9. The van der Waals surface area contributed by atoms with Crippen LogP contribution in [0.3, 0.4) is 0 Å². The van der Waals surface area contributed by atoms with Gasteiger partial charge in [-0.3, -0.25) is 9.69 Å². The van der Waals surface area contributed by atoms with Gasteiger partial charge in [0.2, 0.25) is 5.78 Å². The van der Waals surface area contributed by atoms with Crippen LogP contribution in [-0.2, 0) is 30.3 Å². The number of amides is 1. The Labute approximate surface area is 179 Å². The van der Waals surface area contributed by atoms with Gasteiger partial charge in [-0.05, 0) is 43.7 Å². The Balaban J connectivity index is 1.27. The predicted molar refractivity (Wildman–Crippen MR) is 109 cm³/mol. The minimum Gasteiger partial charge on any atom is -0.489 e. The van der Waals surface area contributed by atoms with E-state index >= 15 is 0 Å². The van der Waals surface area contributed by atoms with Crippen LogP contribution in [0.15, 0.2) is 54.6 Å². The second-order valence-corrected chi connectivity index (χ2v) is 8.25. The van der Waals surface area contributed by atoms with Gasteiger partial charge in [0.1, 0.15) is 25.0 Å². The summed E-state index contributed by atoms with van der Waals surface area (Å²) in [6.45, 7) is 3.97. The molecule has 0 bridgehead atoms. The summed E-state index contributed by atoms with van der Waals surface area (Å²) in [7, 11) is 0. The number of fused-ring (bicyclic) bond motifs is 1. The first-order valence-electron chi connectivity index (χ1n) is 10.2. The molecule has 1 spiro atoms. The molecule has 8 heteroatoms. The number of anilines is 1. The first-order chi connectivity index (χ1) is 14.9. The number of rotatable bonds is 4. The first-order valence-corrected chi connectivity index (χ1v) is 10.2. The van der Waals surface area contributed by atoms with Gasteiger partial charge in [-0.25, -0.2) is 4.79 Å². The highest BCUT2D eigenvalue weighted by Crippen LogP contribution is 2.40. The Morgan fingerprint density at radius 2 is 1.77 bits per heavy atom. The van der Waals surface area contributed by atoms with E-state index in [1.807, 2.05) is 30.3 Å². The van der Waals surface area contributed by atoms with Crippen LogP contribution in [0.5, 0.6) is 5.75 Å². The fraction of sp³-hybridized carbons (Fsp3) is 0.391. The number of carbonyl (C=O) groups is 2. The molecule has 5 rings (SSSR count). The number of Topliss-reactive ketones (excluding diaryl/α,β-unsaturated/α-hetero) is 1. The second kappa shape index (κ2) is 7.33. The van der Waals surface area contributed by atoms with Crippen molar-refractivity contribution in [3.63, 3.8) is 0 Å². The van der Waals surface area contributed by atoms with Crippen LogP contribution >= 0.6 is 0 Å². The number of hydrogen-bond acceptors (Lipinski definition) is 7. The number of carbonyl (C=O) groups excluding carboxylic acids is 2. The number of nitrogens with zero attached hydrogens (tertiary/aromatic N) is 1. The Kier molecular flexibility index (Phi) is 4.73. The lowest BCUT2D eigenvalue weighted by molar-refractivity contribution is -0.218. The van der Waals surface area contributed by atoms with Crippen molar-refractivity contribution in [3.05, 3.63) is 60.2 Å². The minimum absolute atomic E-state index is 0.0537. The van der Waals surface area contributed by atoms with Gasteiger partial charge >= 0.3 is 6.09 Å². The molecule has 3 heterocycles. The molecule has 162 valence electrons. The van der Waals surface area contributed by atoms with E-state index < -0.39 is 35.7 Å². The van der Waals surface area contributed by atoms with E-state index in [2.05, 4.69) is 0 Å². The van der Waals surface area contributed by atoms with Crippen molar-refractivity contribution < 1.29 is 33.3 Å². The number of benzene rings is 2. The molecule has 3 fully saturated rings. The zero-order valence-corrected chi connectivity index (χ0v) is 17.3. The highest BCUT2D eigenvalue weighted by molar-refractivity contribution is 6.00. The van der Waals surface area contributed by atoms with E-state index in [-0.39, 0.29) is 13.2 Å². The SMILES string of the molecule is CC1(C)O[C@@H]2CO[C@]3(CN(c4ccc(OCc5ccccc5)cc4)C(=O)O3)C(=O)[C@@H]2O1. The van der Waals surface area contributed by atoms with E-state index in [0.29, 0.717) is 18.0 Å². The van der Waals surface area contributed by atoms with Gasteiger partial charge in [-0.15, -0.1) is 0 Å². The largest absolute Gasteiger partial charge is 0.489 e. The average Bonchev–Trinajstić information content (AvgIpc) is 3.27. The van der Waals surface area contributed by atoms with Crippen molar-refractivity contribution in [2.75, 3.05) is 18.1 Å². The van der Waals surface area contributed by atoms with E-state index in [1.165, 1.54) is 4.90 Å². The first kappa shape index (κ1) is 20.0. The van der Waals surface area contributed by atoms with Gasteiger partial charge in [0.15, 0.2) is 11.9 Å². The van der Waals surface area contributed by atoms with Crippen LogP contribution in [0.2, 0.25) is 0 Å². The summed E-state index contributed by atoms with van der Waals surface area (Å²) in [5.41, 5.74) is 1.64. The van der Waals surface area contributed by atoms with Crippen molar-refractivity contribution in [2.24, 2.45) is 0 Å². The maximum atomic E-state index is 13.1. The van der Waals surface area contributed by atoms with Crippen molar-refractivity contribution in [1.29, 1.82) is 0 Å². The molecule has 0 aromatic heterocycles. The van der Waals surface area contributed by atoms with Crippen molar-refractivity contribution in [2.45, 2.75) is 44.2 Å². The van der Waals surface area contributed by atoms with Crippen molar-refractivity contribution in [3.8, 4) is 5.75 Å². The topological polar surface area (TPSA) is 83.5 Å². The van der Waals surface area contributed by atoms with Crippen molar-refractivity contribution >= 4 is 17.6 Å². The highest BCUT2D eigenvalue weighted by atomic mass is 16.8. The standard InChI is InChI=1S/C23H23NO7/c1-22(2)29-18-13-28-23(20(25)19(18)30-22)14-24(21(26)31-23)16-8-10-17(11-9-16)27-12-15-6-4-3-5-7-15/h3-11,18-19H,12-14H2,1-2H3/t18-,19-,23+/m1/s1. The molecule has 3 saturated heterocycles. The molecular weight excluding hydrogens is 402 g/mol. The molecule has 3 atom stereocenters. The van der Waals surface area contributed by atoms with E-state index in [1.54, 1.807) is 38.1 Å². The van der Waals surface area contributed by atoms with Crippen LogP contribution in [0, 0.1) is 0 Å². The Hall–Kier alpha value is -2.94. The summed E-state index contributed by atoms with van der Waals surface area (Å²) in [4.78, 5) is 27.0. The van der Waals surface area contributed by atoms with Crippen LogP contribution < -0.4 is 9.64 Å².